The van der Waals surface area contributed by atoms with Gasteiger partial charge in [-0.05, 0) is 43.9 Å². The zero-order chi connectivity index (χ0) is 20.9. The number of benzene rings is 1. The van der Waals surface area contributed by atoms with Crippen molar-refractivity contribution in [3.8, 4) is 0 Å². The van der Waals surface area contributed by atoms with Crippen molar-refractivity contribution in [2.24, 2.45) is 5.92 Å². The maximum atomic E-state index is 13.2. The van der Waals surface area contributed by atoms with Crippen LogP contribution in [0.25, 0.3) is 0 Å². The molecule has 0 saturated carbocycles. The van der Waals surface area contributed by atoms with Crippen molar-refractivity contribution in [1.29, 1.82) is 0 Å². The van der Waals surface area contributed by atoms with Gasteiger partial charge in [0.05, 0.1) is 11.3 Å². The Morgan fingerprint density at radius 3 is 2.50 bits per heavy atom. The molecule has 1 atom stereocenters. The minimum absolute atomic E-state index is 0.275. The van der Waals surface area contributed by atoms with E-state index >= 15 is 0 Å². The number of rotatable bonds is 7. The van der Waals surface area contributed by atoms with Crippen LogP contribution in [0.5, 0.6) is 0 Å². The molecular weight excluding hydrogens is 394 g/mol. The van der Waals surface area contributed by atoms with Crippen molar-refractivity contribution in [2.45, 2.75) is 44.1 Å². The average Bonchev–Trinajstić information content (AvgIpc) is 2.63. The molecule has 0 radical (unpaired) electrons. The molecule has 0 bridgehead atoms. The summed E-state index contributed by atoms with van der Waals surface area (Å²) in [6.07, 6.45) is 0.539. The van der Waals surface area contributed by atoms with E-state index in [0.29, 0.717) is 31.1 Å². The number of nitrogens with zero attached hydrogens (tertiary/aromatic N) is 1. The first-order chi connectivity index (χ1) is 13.1. The minimum atomic E-state index is -4.10. The second-order valence-electron chi connectivity index (χ2n) is 6.86. The highest BCUT2D eigenvalue weighted by Gasteiger charge is 2.26. The van der Waals surface area contributed by atoms with Crippen molar-refractivity contribution >= 4 is 21.9 Å². The second kappa shape index (κ2) is 9.42. The molecule has 1 aromatic rings. The number of piperidine rings is 1. The number of carbonyl (C=O) groups excluding carboxylic acids is 2. The Morgan fingerprint density at radius 1 is 1.25 bits per heavy atom. The average molecular weight is 418 g/mol. The van der Waals surface area contributed by atoms with Crippen molar-refractivity contribution < 1.29 is 31.5 Å². The topological polar surface area (TPSA) is 92.8 Å². The monoisotopic (exact) mass is 418 g/mol. The fraction of sp³-hybridized carbons (Fsp3) is 0.556. The van der Waals surface area contributed by atoms with Crippen LogP contribution in [0.4, 0.5) is 8.78 Å². The third-order valence-electron chi connectivity index (χ3n) is 4.57. The largest absolute Gasteiger partial charge is 0.452 e. The van der Waals surface area contributed by atoms with Gasteiger partial charge < -0.3 is 9.64 Å². The highest BCUT2D eigenvalue weighted by molar-refractivity contribution is 7.89. The van der Waals surface area contributed by atoms with Crippen LogP contribution in [-0.4, -0.2) is 50.9 Å². The molecule has 1 saturated heterocycles. The van der Waals surface area contributed by atoms with Crippen LogP contribution < -0.4 is 4.72 Å². The predicted molar refractivity (Wildman–Crippen MR) is 96.7 cm³/mol. The molecule has 1 N–H and O–H groups in total. The number of carbonyl (C=O) groups is 2. The molecule has 1 aliphatic rings. The number of likely N-dealkylation sites (tertiary alicyclic amines) is 1. The molecule has 0 aliphatic carbocycles. The fourth-order valence-electron chi connectivity index (χ4n) is 2.81. The summed E-state index contributed by atoms with van der Waals surface area (Å²) < 4.78 is 57.3. The third kappa shape index (κ3) is 5.96. The number of hydrogen-bond acceptors (Lipinski definition) is 5. The normalized spacial score (nSPS) is 16.6. The fourth-order valence-corrected chi connectivity index (χ4v) is 3.85. The van der Waals surface area contributed by atoms with Crippen molar-refractivity contribution in [2.75, 3.05) is 19.6 Å². The zero-order valence-electron chi connectivity index (χ0n) is 15.8. The van der Waals surface area contributed by atoms with Crippen LogP contribution in [0.3, 0.4) is 0 Å². The molecule has 28 heavy (non-hydrogen) atoms. The minimum Gasteiger partial charge on any atom is -0.452 e. The summed E-state index contributed by atoms with van der Waals surface area (Å²) in [7, 11) is -4.10. The summed E-state index contributed by atoms with van der Waals surface area (Å²) in [5, 5.41) is 0. The van der Waals surface area contributed by atoms with Gasteiger partial charge in [-0.1, -0.05) is 6.92 Å². The van der Waals surface area contributed by atoms with Gasteiger partial charge in [0.2, 0.25) is 10.0 Å². The number of halogens is 2. The van der Waals surface area contributed by atoms with Crippen LogP contribution in [0.2, 0.25) is 0 Å². The molecule has 0 spiro atoms. The summed E-state index contributed by atoms with van der Waals surface area (Å²) in [5.74, 6) is -2.91. The van der Waals surface area contributed by atoms with E-state index in [1.807, 2.05) is 0 Å². The lowest BCUT2D eigenvalue weighted by Crippen LogP contribution is -2.44. The summed E-state index contributed by atoms with van der Waals surface area (Å²) in [5.41, 5.74) is 0. The molecule has 7 nitrogen and oxygen atoms in total. The maximum Gasteiger partial charge on any atom is 0.307 e. The van der Waals surface area contributed by atoms with Gasteiger partial charge in [-0.25, -0.2) is 21.9 Å². The highest BCUT2D eigenvalue weighted by atomic mass is 32.2. The van der Waals surface area contributed by atoms with Crippen LogP contribution in [0.15, 0.2) is 23.1 Å². The van der Waals surface area contributed by atoms with Gasteiger partial charge in [0, 0.05) is 19.6 Å². The summed E-state index contributed by atoms with van der Waals surface area (Å²) in [6.45, 7) is 4.53. The van der Waals surface area contributed by atoms with E-state index in [-0.39, 0.29) is 18.9 Å². The van der Waals surface area contributed by atoms with E-state index in [0.717, 1.165) is 18.9 Å². The summed E-state index contributed by atoms with van der Waals surface area (Å²) >= 11 is 0. The zero-order valence-corrected chi connectivity index (χ0v) is 16.6. The van der Waals surface area contributed by atoms with Crippen molar-refractivity contribution in [1.82, 2.24) is 9.62 Å². The Bertz CT molecular complexity index is 823. The molecule has 1 heterocycles. The molecule has 156 valence electrons. The van der Waals surface area contributed by atoms with Crippen molar-refractivity contribution in [3.63, 3.8) is 0 Å². The first kappa shape index (κ1) is 22.2. The Morgan fingerprint density at radius 2 is 1.89 bits per heavy atom. The van der Waals surface area contributed by atoms with Crippen LogP contribution in [-0.2, 0) is 24.3 Å². The molecule has 1 unspecified atom stereocenters. The van der Waals surface area contributed by atoms with E-state index in [9.17, 15) is 26.8 Å². The lowest BCUT2D eigenvalue weighted by Gasteiger charge is -2.31. The van der Waals surface area contributed by atoms with Gasteiger partial charge in [-0.3, -0.25) is 9.59 Å². The Kier molecular flexibility index (Phi) is 7.48. The van der Waals surface area contributed by atoms with E-state index in [2.05, 4.69) is 11.6 Å². The van der Waals surface area contributed by atoms with Gasteiger partial charge in [-0.15, -0.1) is 0 Å². The smallest absolute Gasteiger partial charge is 0.307 e. The first-order valence-corrected chi connectivity index (χ1v) is 10.5. The van der Waals surface area contributed by atoms with Gasteiger partial charge in [-0.2, -0.15) is 0 Å². The standard InChI is InChI=1S/C18H24F2N2O5S/c1-12-6-9-22(10-7-12)18(24)13(2)27-17(23)5-8-21-28(25,26)14-3-4-15(19)16(20)11-14/h3-4,11-13,21H,5-10H2,1-2H3. The molecule has 10 heteroatoms. The van der Waals surface area contributed by atoms with E-state index < -0.39 is 38.6 Å². The molecule has 0 aromatic heterocycles. The first-order valence-electron chi connectivity index (χ1n) is 9.03. The molecular formula is C18H24F2N2O5S. The Labute approximate surface area is 163 Å². The number of ether oxygens (including phenoxy) is 1. The number of amides is 1. The SMILES string of the molecule is CC1CCN(C(=O)C(C)OC(=O)CCNS(=O)(=O)c2ccc(F)c(F)c2)CC1. The third-order valence-corrected chi connectivity index (χ3v) is 6.03. The Hall–Kier alpha value is -2.07. The lowest BCUT2D eigenvalue weighted by molar-refractivity contribution is -0.159. The highest BCUT2D eigenvalue weighted by Crippen LogP contribution is 2.17. The molecule has 1 aromatic carbocycles. The van der Waals surface area contributed by atoms with Gasteiger partial charge >= 0.3 is 5.97 Å². The lowest BCUT2D eigenvalue weighted by atomic mass is 9.99. The second-order valence-corrected chi connectivity index (χ2v) is 8.63. The molecule has 1 aliphatic heterocycles. The van der Waals surface area contributed by atoms with Crippen molar-refractivity contribution in [3.05, 3.63) is 29.8 Å². The van der Waals surface area contributed by atoms with Crippen LogP contribution in [0.1, 0.15) is 33.1 Å². The number of hydrogen-bond donors (Lipinski definition) is 1. The van der Waals surface area contributed by atoms with Gasteiger partial charge in [0.15, 0.2) is 17.7 Å². The Balaban J connectivity index is 1.80. The molecule has 1 fully saturated rings. The van der Waals surface area contributed by atoms with E-state index in [1.165, 1.54) is 6.92 Å². The summed E-state index contributed by atoms with van der Waals surface area (Å²) in [6, 6.07) is 2.17. The molecule has 1 amide bonds. The predicted octanol–water partition coefficient (Wildman–Crippen LogP) is 1.82. The summed E-state index contributed by atoms with van der Waals surface area (Å²) in [4.78, 5) is 25.4. The van der Waals surface area contributed by atoms with Crippen LogP contribution >= 0.6 is 0 Å². The number of nitrogens with one attached hydrogen (secondary N) is 1. The van der Waals surface area contributed by atoms with E-state index in [1.54, 1.807) is 4.90 Å². The maximum absolute atomic E-state index is 13.2. The van der Waals surface area contributed by atoms with Gasteiger partial charge in [0.25, 0.3) is 5.91 Å². The number of esters is 1. The number of sulfonamides is 1. The van der Waals surface area contributed by atoms with E-state index in [4.69, 9.17) is 4.74 Å². The van der Waals surface area contributed by atoms with Crippen LogP contribution in [0, 0.1) is 17.6 Å². The molecule has 2 rings (SSSR count). The quantitative estimate of drug-likeness (QED) is 0.682. The van der Waals surface area contributed by atoms with Gasteiger partial charge in [0.1, 0.15) is 0 Å².